The van der Waals surface area contributed by atoms with Crippen LogP contribution in [0.1, 0.15) is 28.9 Å². The summed E-state index contributed by atoms with van der Waals surface area (Å²) in [6, 6.07) is 3.53. The van der Waals surface area contributed by atoms with E-state index in [0.717, 1.165) is 31.6 Å². The zero-order valence-corrected chi connectivity index (χ0v) is 10.8. The summed E-state index contributed by atoms with van der Waals surface area (Å²) in [5.74, 6) is -0.204. The number of aryl methyl sites for hydroxylation is 1. The molecule has 2 rings (SSSR count). The molecule has 0 aromatic carbocycles. The van der Waals surface area contributed by atoms with Crippen LogP contribution in [-0.2, 0) is 0 Å². The van der Waals surface area contributed by atoms with Gasteiger partial charge >= 0.3 is 0 Å². The van der Waals surface area contributed by atoms with Crippen molar-refractivity contribution < 1.29 is 4.79 Å². The van der Waals surface area contributed by atoms with Crippen LogP contribution in [0.15, 0.2) is 16.9 Å². The first-order chi connectivity index (χ1) is 8.59. The Morgan fingerprint density at radius 1 is 1.44 bits per heavy atom. The van der Waals surface area contributed by atoms with Crippen LogP contribution < -0.4 is 10.9 Å². The molecule has 0 bridgehead atoms. The minimum atomic E-state index is -0.310. The van der Waals surface area contributed by atoms with Gasteiger partial charge in [0.2, 0.25) is 0 Å². The van der Waals surface area contributed by atoms with E-state index in [1.54, 1.807) is 31.0 Å². The van der Waals surface area contributed by atoms with E-state index in [0.29, 0.717) is 0 Å². The number of nitrogens with one attached hydrogen (secondary N) is 2. The third-order valence-electron chi connectivity index (χ3n) is 3.42. The van der Waals surface area contributed by atoms with E-state index in [-0.39, 0.29) is 23.1 Å². The molecular weight excluding hydrogens is 230 g/mol. The molecule has 2 N–H and O–H groups in total. The van der Waals surface area contributed by atoms with Gasteiger partial charge in [0.15, 0.2) is 0 Å². The van der Waals surface area contributed by atoms with E-state index in [2.05, 4.69) is 10.3 Å². The van der Waals surface area contributed by atoms with Crippen molar-refractivity contribution in [2.45, 2.75) is 25.8 Å². The van der Waals surface area contributed by atoms with Gasteiger partial charge in [-0.1, -0.05) is 0 Å². The molecule has 1 aliphatic rings. The van der Waals surface area contributed by atoms with Gasteiger partial charge < -0.3 is 15.2 Å². The molecule has 1 atom stereocenters. The molecule has 98 valence electrons. The van der Waals surface area contributed by atoms with Crippen molar-refractivity contribution in [3.05, 3.63) is 33.7 Å². The van der Waals surface area contributed by atoms with Crippen LogP contribution in [0, 0.1) is 6.92 Å². The summed E-state index contributed by atoms with van der Waals surface area (Å²) in [7, 11) is 1.76. The number of aromatic nitrogens is 1. The molecule has 1 fully saturated rings. The second kappa shape index (κ2) is 5.35. The summed E-state index contributed by atoms with van der Waals surface area (Å²) in [4.78, 5) is 28.3. The third kappa shape index (κ3) is 2.61. The largest absolute Gasteiger partial charge is 0.337 e. The molecule has 1 aliphatic heterocycles. The van der Waals surface area contributed by atoms with Crippen LogP contribution in [0.2, 0.25) is 0 Å². The number of carbonyl (C=O) groups is 1. The summed E-state index contributed by atoms with van der Waals surface area (Å²) in [6.07, 6.45) is 2.05. The molecule has 0 aliphatic carbocycles. The Morgan fingerprint density at radius 2 is 2.22 bits per heavy atom. The Bertz CT molecular complexity index is 489. The first-order valence-electron chi connectivity index (χ1n) is 6.27. The molecule has 1 saturated heterocycles. The zero-order valence-electron chi connectivity index (χ0n) is 10.8. The lowest BCUT2D eigenvalue weighted by atomic mass is 10.1. The summed E-state index contributed by atoms with van der Waals surface area (Å²) >= 11 is 0. The number of piperidine rings is 1. The van der Waals surface area contributed by atoms with Crippen molar-refractivity contribution in [1.82, 2.24) is 15.2 Å². The summed E-state index contributed by atoms with van der Waals surface area (Å²) < 4.78 is 0. The molecule has 0 saturated carbocycles. The first-order valence-corrected chi connectivity index (χ1v) is 6.27. The van der Waals surface area contributed by atoms with E-state index in [1.165, 1.54) is 0 Å². The topological polar surface area (TPSA) is 65.2 Å². The number of hydrogen-bond donors (Lipinski definition) is 2. The van der Waals surface area contributed by atoms with Crippen molar-refractivity contribution >= 4 is 5.91 Å². The molecule has 5 nitrogen and oxygen atoms in total. The van der Waals surface area contributed by atoms with Crippen LogP contribution >= 0.6 is 0 Å². The highest BCUT2D eigenvalue weighted by molar-refractivity contribution is 5.93. The lowest BCUT2D eigenvalue weighted by Gasteiger charge is -2.31. The Morgan fingerprint density at radius 3 is 2.83 bits per heavy atom. The lowest BCUT2D eigenvalue weighted by Crippen LogP contribution is -2.47. The van der Waals surface area contributed by atoms with E-state index in [4.69, 9.17) is 0 Å². The molecule has 1 amide bonds. The first kappa shape index (κ1) is 12.8. The van der Waals surface area contributed by atoms with E-state index >= 15 is 0 Å². The van der Waals surface area contributed by atoms with Crippen molar-refractivity contribution in [3.63, 3.8) is 0 Å². The van der Waals surface area contributed by atoms with Gasteiger partial charge in [0.1, 0.15) is 5.56 Å². The van der Waals surface area contributed by atoms with Crippen LogP contribution in [0.3, 0.4) is 0 Å². The normalized spacial score (nSPS) is 19.6. The third-order valence-corrected chi connectivity index (χ3v) is 3.42. The zero-order chi connectivity index (χ0) is 13.1. The predicted molar refractivity (Wildman–Crippen MR) is 69.8 cm³/mol. The molecule has 2 heterocycles. The van der Waals surface area contributed by atoms with Gasteiger partial charge in [-0.2, -0.15) is 0 Å². The summed E-state index contributed by atoms with van der Waals surface area (Å²) in [5, 5.41) is 3.27. The van der Waals surface area contributed by atoms with Crippen molar-refractivity contribution in [1.29, 1.82) is 0 Å². The van der Waals surface area contributed by atoms with E-state index in [9.17, 15) is 9.59 Å². The molecule has 0 radical (unpaired) electrons. The fourth-order valence-electron chi connectivity index (χ4n) is 2.26. The average Bonchev–Trinajstić information content (AvgIpc) is 2.38. The fourth-order valence-corrected chi connectivity index (χ4v) is 2.26. The summed E-state index contributed by atoms with van der Waals surface area (Å²) in [5.41, 5.74) is 0.669. The molecule has 0 spiro atoms. The average molecular weight is 249 g/mol. The minimum Gasteiger partial charge on any atom is -0.337 e. The molecule has 18 heavy (non-hydrogen) atoms. The van der Waals surface area contributed by atoms with Gasteiger partial charge in [-0.05, 0) is 38.4 Å². The second-order valence-electron chi connectivity index (χ2n) is 4.80. The number of aromatic amines is 1. The molecule has 5 heteroatoms. The maximum atomic E-state index is 12.3. The SMILES string of the molecule is Cc1ccc(C(=O)N(C)C2CCCNC2)c(=O)[nH]1. The minimum absolute atomic E-state index is 0.173. The smallest absolute Gasteiger partial charge is 0.260 e. The fraction of sp³-hybridized carbons (Fsp3) is 0.538. The van der Waals surface area contributed by atoms with Gasteiger partial charge in [-0.25, -0.2) is 0 Å². The summed E-state index contributed by atoms with van der Waals surface area (Å²) in [6.45, 7) is 3.60. The maximum absolute atomic E-state index is 12.3. The highest BCUT2D eigenvalue weighted by Crippen LogP contribution is 2.11. The highest BCUT2D eigenvalue weighted by Gasteiger charge is 2.24. The Hall–Kier alpha value is -1.62. The molecule has 1 aromatic rings. The highest BCUT2D eigenvalue weighted by atomic mass is 16.2. The Balaban J connectivity index is 2.17. The Labute approximate surface area is 106 Å². The number of pyridine rings is 1. The van der Waals surface area contributed by atoms with Gasteiger partial charge in [0.25, 0.3) is 11.5 Å². The van der Waals surface area contributed by atoms with Crippen LogP contribution in [0.25, 0.3) is 0 Å². The van der Waals surface area contributed by atoms with Crippen molar-refractivity contribution in [2.75, 3.05) is 20.1 Å². The van der Waals surface area contributed by atoms with Crippen molar-refractivity contribution in [3.8, 4) is 0 Å². The van der Waals surface area contributed by atoms with Crippen LogP contribution in [0.4, 0.5) is 0 Å². The number of hydrogen-bond acceptors (Lipinski definition) is 3. The Kier molecular flexibility index (Phi) is 3.81. The maximum Gasteiger partial charge on any atom is 0.260 e. The van der Waals surface area contributed by atoms with E-state index < -0.39 is 0 Å². The molecule has 1 unspecified atom stereocenters. The molecular formula is C13H19N3O2. The van der Waals surface area contributed by atoms with Gasteiger partial charge in [-0.15, -0.1) is 0 Å². The van der Waals surface area contributed by atoms with Crippen LogP contribution in [-0.4, -0.2) is 42.0 Å². The number of H-pyrrole nitrogens is 1. The number of carbonyl (C=O) groups excluding carboxylic acids is 1. The van der Waals surface area contributed by atoms with E-state index in [1.807, 2.05) is 0 Å². The van der Waals surface area contributed by atoms with Gasteiger partial charge in [0.05, 0.1) is 0 Å². The second-order valence-corrected chi connectivity index (χ2v) is 4.80. The monoisotopic (exact) mass is 249 g/mol. The number of amides is 1. The number of likely N-dealkylation sites (N-methyl/N-ethyl adjacent to an activating group) is 1. The standard InChI is InChI=1S/C13H19N3O2/c1-9-5-6-11(12(17)15-9)13(18)16(2)10-4-3-7-14-8-10/h5-6,10,14H,3-4,7-8H2,1-2H3,(H,15,17). The quantitative estimate of drug-likeness (QED) is 0.802. The number of rotatable bonds is 2. The lowest BCUT2D eigenvalue weighted by molar-refractivity contribution is 0.0706. The number of nitrogens with zero attached hydrogens (tertiary/aromatic N) is 1. The predicted octanol–water partition coefficient (Wildman–Crippen LogP) is 0.507. The van der Waals surface area contributed by atoms with Crippen molar-refractivity contribution in [2.24, 2.45) is 0 Å². The molecule has 1 aromatic heterocycles. The van der Waals surface area contributed by atoms with Gasteiger partial charge in [0, 0.05) is 25.3 Å². The van der Waals surface area contributed by atoms with Gasteiger partial charge in [-0.3, -0.25) is 9.59 Å². The van der Waals surface area contributed by atoms with Crippen LogP contribution in [0.5, 0.6) is 0 Å².